The fraction of sp³-hybridized carbons (Fsp3) is 0.667. The number of likely N-dealkylation sites (N-methyl/N-ethyl adjacent to an activating group) is 1. The molecule has 0 amide bonds. The van der Waals surface area contributed by atoms with Crippen LogP contribution < -0.4 is 0 Å². The van der Waals surface area contributed by atoms with Crippen LogP contribution in [0.25, 0.3) is 0 Å². The van der Waals surface area contributed by atoms with Crippen molar-refractivity contribution in [2.75, 3.05) is 20.2 Å². The predicted octanol–water partition coefficient (Wildman–Crippen LogP) is 0.00237. The molecule has 1 unspecified atom stereocenters. The van der Waals surface area contributed by atoms with Crippen molar-refractivity contribution < 1.29 is 4.74 Å². The SMILES string of the molecule is CN1CCO[CH]C1C#N. The molecule has 1 radical (unpaired) electrons. The molecule has 1 aliphatic heterocycles. The Morgan fingerprint density at radius 3 is 3.11 bits per heavy atom. The zero-order valence-electron chi connectivity index (χ0n) is 5.37. The van der Waals surface area contributed by atoms with Crippen LogP contribution in [-0.2, 0) is 4.74 Å². The number of morpholine rings is 1. The van der Waals surface area contributed by atoms with Gasteiger partial charge in [0.05, 0.1) is 12.7 Å². The molecule has 1 fully saturated rings. The maximum atomic E-state index is 8.46. The van der Waals surface area contributed by atoms with Crippen LogP contribution in [0, 0.1) is 17.9 Å². The second-order valence-corrected chi connectivity index (χ2v) is 2.06. The van der Waals surface area contributed by atoms with Crippen LogP contribution in [0.15, 0.2) is 0 Å². The summed E-state index contributed by atoms with van der Waals surface area (Å²) in [6, 6.07) is 1.95. The van der Waals surface area contributed by atoms with Crippen molar-refractivity contribution in [3.63, 3.8) is 0 Å². The average Bonchev–Trinajstić information content (AvgIpc) is 1.89. The molecule has 1 saturated heterocycles. The molecule has 0 bridgehead atoms. The fourth-order valence-electron chi connectivity index (χ4n) is 0.728. The molecule has 0 spiro atoms. The predicted molar refractivity (Wildman–Crippen MR) is 32.3 cm³/mol. The van der Waals surface area contributed by atoms with E-state index in [0.717, 1.165) is 6.54 Å². The summed E-state index contributed by atoms with van der Waals surface area (Å²) < 4.78 is 4.95. The van der Waals surface area contributed by atoms with Gasteiger partial charge < -0.3 is 4.74 Å². The first-order valence-corrected chi connectivity index (χ1v) is 2.89. The number of hydrogen-bond donors (Lipinski definition) is 0. The van der Waals surface area contributed by atoms with Gasteiger partial charge >= 0.3 is 0 Å². The van der Waals surface area contributed by atoms with Gasteiger partial charge in [-0.15, -0.1) is 0 Å². The van der Waals surface area contributed by atoms with Gasteiger partial charge in [0, 0.05) is 6.54 Å². The van der Waals surface area contributed by atoms with E-state index in [0.29, 0.717) is 6.61 Å². The lowest BCUT2D eigenvalue weighted by Crippen LogP contribution is -2.38. The lowest BCUT2D eigenvalue weighted by molar-refractivity contribution is 0.0767. The van der Waals surface area contributed by atoms with Crippen molar-refractivity contribution >= 4 is 0 Å². The highest BCUT2D eigenvalue weighted by Gasteiger charge is 2.18. The van der Waals surface area contributed by atoms with E-state index in [1.165, 1.54) is 0 Å². The highest BCUT2D eigenvalue weighted by molar-refractivity contribution is 4.98. The minimum Gasteiger partial charge on any atom is -0.371 e. The van der Waals surface area contributed by atoms with E-state index < -0.39 is 0 Å². The minimum absolute atomic E-state index is 0.154. The van der Waals surface area contributed by atoms with Gasteiger partial charge in [-0.1, -0.05) is 0 Å². The molecule has 3 heteroatoms. The van der Waals surface area contributed by atoms with Crippen LogP contribution in [0.2, 0.25) is 0 Å². The van der Waals surface area contributed by atoms with Crippen molar-refractivity contribution in [2.24, 2.45) is 0 Å². The summed E-state index contributed by atoms with van der Waals surface area (Å²) in [6.45, 7) is 3.12. The van der Waals surface area contributed by atoms with Gasteiger partial charge in [0.1, 0.15) is 12.6 Å². The first-order chi connectivity index (χ1) is 4.34. The number of nitriles is 1. The van der Waals surface area contributed by atoms with Crippen LogP contribution in [0.4, 0.5) is 0 Å². The van der Waals surface area contributed by atoms with Crippen molar-refractivity contribution in [1.29, 1.82) is 5.26 Å². The number of ether oxygens (including phenoxy) is 1. The van der Waals surface area contributed by atoms with Gasteiger partial charge in [-0.05, 0) is 7.05 Å². The van der Waals surface area contributed by atoms with E-state index in [1.54, 1.807) is 6.61 Å². The number of nitrogens with zero attached hydrogens (tertiary/aromatic N) is 2. The third kappa shape index (κ3) is 1.41. The third-order valence-electron chi connectivity index (χ3n) is 1.39. The van der Waals surface area contributed by atoms with Crippen LogP contribution in [0.5, 0.6) is 0 Å². The molecule has 1 aliphatic rings. The Labute approximate surface area is 54.8 Å². The quantitative estimate of drug-likeness (QED) is 0.457. The summed E-state index contributed by atoms with van der Waals surface area (Å²) in [4.78, 5) is 1.95. The van der Waals surface area contributed by atoms with Gasteiger partial charge in [-0.3, -0.25) is 4.90 Å². The van der Waals surface area contributed by atoms with E-state index in [-0.39, 0.29) is 6.04 Å². The zero-order chi connectivity index (χ0) is 6.69. The molecule has 1 heterocycles. The molecular weight excluding hydrogens is 116 g/mol. The van der Waals surface area contributed by atoms with Crippen LogP contribution in [0.3, 0.4) is 0 Å². The van der Waals surface area contributed by atoms with E-state index in [4.69, 9.17) is 10.00 Å². The highest BCUT2D eigenvalue weighted by atomic mass is 16.5. The molecular formula is C6H9N2O. The van der Waals surface area contributed by atoms with Crippen molar-refractivity contribution in [3.8, 4) is 6.07 Å². The minimum atomic E-state index is -0.154. The second kappa shape index (κ2) is 2.81. The summed E-state index contributed by atoms with van der Waals surface area (Å²) in [7, 11) is 1.91. The zero-order valence-corrected chi connectivity index (χ0v) is 5.37. The van der Waals surface area contributed by atoms with Crippen LogP contribution >= 0.6 is 0 Å². The maximum absolute atomic E-state index is 8.46. The molecule has 0 aliphatic carbocycles. The summed E-state index contributed by atoms with van der Waals surface area (Å²) in [5, 5.41) is 8.46. The summed E-state index contributed by atoms with van der Waals surface area (Å²) in [5.41, 5.74) is 0. The summed E-state index contributed by atoms with van der Waals surface area (Å²) in [6.07, 6.45) is 0. The molecule has 1 rings (SSSR count). The molecule has 3 nitrogen and oxygen atoms in total. The molecule has 9 heavy (non-hydrogen) atoms. The Morgan fingerprint density at radius 2 is 2.67 bits per heavy atom. The number of rotatable bonds is 0. The number of hydrogen-bond acceptors (Lipinski definition) is 3. The average molecular weight is 125 g/mol. The van der Waals surface area contributed by atoms with Crippen molar-refractivity contribution in [1.82, 2.24) is 4.90 Å². The lowest BCUT2D eigenvalue weighted by Gasteiger charge is -2.26. The van der Waals surface area contributed by atoms with Crippen molar-refractivity contribution in [2.45, 2.75) is 6.04 Å². The first kappa shape index (κ1) is 6.53. The normalized spacial score (nSPS) is 29.6. The topological polar surface area (TPSA) is 36.3 Å². The Balaban J connectivity index is 2.41. The van der Waals surface area contributed by atoms with Crippen LogP contribution in [-0.4, -0.2) is 31.1 Å². The summed E-state index contributed by atoms with van der Waals surface area (Å²) in [5.74, 6) is 0. The van der Waals surface area contributed by atoms with E-state index >= 15 is 0 Å². The first-order valence-electron chi connectivity index (χ1n) is 2.89. The monoisotopic (exact) mass is 125 g/mol. The smallest absolute Gasteiger partial charge is 0.127 e. The maximum Gasteiger partial charge on any atom is 0.127 e. The highest BCUT2D eigenvalue weighted by Crippen LogP contribution is 2.05. The second-order valence-electron chi connectivity index (χ2n) is 2.06. The Hall–Kier alpha value is -0.590. The molecule has 0 aromatic carbocycles. The van der Waals surface area contributed by atoms with Gasteiger partial charge in [-0.2, -0.15) is 5.26 Å². The Kier molecular flexibility index (Phi) is 2.04. The van der Waals surface area contributed by atoms with Gasteiger partial charge in [0.2, 0.25) is 0 Å². The largest absolute Gasteiger partial charge is 0.371 e. The van der Waals surface area contributed by atoms with Gasteiger partial charge in [-0.25, -0.2) is 0 Å². The van der Waals surface area contributed by atoms with Gasteiger partial charge in [0.25, 0.3) is 0 Å². The van der Waals surface area contributed by atoms with Gasteiger partial charge in [0.15, 0.2) is 0 Å². The van der Waals surface area contributed by atoms with Crippen LogP contribution in [0.1, 0.15) is 0 Å². The Morgan fingerprint density at radius 1 is 1.89 bits per heavy atom. The molecule has 0 saturated carbocycles. The molecule has 49 valence electrons. The molecule has 1 atom stereocenters. The summed E-state index contributed by atoms with van der Waals surface area (Å²) >= 11 is 0. The molecule has 0 N–H and O–H groups in total. The third-order valence-corrected chi connectivity index (χ3v) is 1.39. The Bertz CT molecular complexity index is 130. The standard InChI is InChI=1S/C6H9N2O/c1-8-2-3-9-5-6(8)4-7/h5-6H,2-3H2,1H3. The lowest BCUT2D eigenvalue weighted by atomic mass is 10.3. The van der Waals surface area contributed by atoms with E-state index in [1.807, 2.05) is 11.9 Å². The van der Waals surface area contributed by atoms with Crippen molar-refractivity contribution in [3.05, 3.63) is 6.61 Å². The fourth-order valence-corrected chi connectivity index (χ4v) is 0.728. The molecule has 0 aromatic rings. The van der Waals surface area contributed by atoms with E-state index in [2.05, 4.69) is 6.07 Å². The van der Waals surface area contributed by atoms with E-state index in [9.17, 15) is 0 Å². The molecule has 0 aromatic heterocycles.